The molecule has 14 atom stereocenters. The average molecular weight is 1200 g/mol. The van der Waals surface area contributed by atoms with Crippen LogP contribution < -0.4 is 17.2 Å². The Kier molecular flexibility index (Phi) is 18.1. The third-order valence-electron chi connectivity index (χ3n) is 10.6. The van der Waals surface area contributed by atoms with E-state index in [4.69, 9.17) is 65.7 Å². The summed E-state index contributed by atoms with van der Waals surface area (Å²) in [4.78, 5) is 106. The lowest BCUT2D eigenvalue weighted by molar-refractivity contribution is -0.0504. The molecule has 3 aliphatic rings. The van der Waals surface area contributed by atoms with Crippen LogP contribution in [0.3, 0.4) is 0 Å². The SMILES string of the molecule is Nc1ncnc2c1ncn2C1OC(COP(=O)(O)O)C(O)C1O.Nc1ncnc2c1ncn2C1OC(COP(=O)(O)O)C(O)C1O.Nc1ncnc2c1ncn2C1OC(COP(=O)(O)OP(=O)(O)OP(=O)(O)O)C(O)C1O. The van der Waals surface area contributed by atoms with Gasteiger partial charge in [0.1, 0.15) is 90.5 Å². The van der Waals surface area contributed by atoms with Gasteiger partial charge in [0.25, 0.3) is 0 Å². The van der Waals surface area contributed by atoms with Crippen molar-refractivity contribution in [3.05, 3.63) is 38.0 Å². The summed E-state index contributed by atoms with van der Waals surface area (Å²) in [5.74, 6) is 0.326. The highest BCUT2D eigenvalue weighted by molar-refractivity contribution is 7.66. The number of aromatic nitrogens is 12. The number of nitrogen functional groups attached to an aromatic ring is 3. The van der Waals surface area contributed by atoms with Crippen LogP contribution in [0, 0.1) is 0 Å². The van der Waals surface area contributed by atoms with Crippen molar-refractivity contribution in [2.24, 2.45) is 0 Å². The second kappa shape index (κ2) is 23.2. The molecule has 14 unspecified atom stereocenters. The molecule has 9 rings (SSSR count). The summed E-state index contributed by atoms with van der Waals surface area (Å²) in [6.45, 7) is -2.15. The lowest BCUT2D eigenvalue weighted by Gasteiger charge is -2.19. The second-order valence-electron chi connectivity index (χ2n) is 15.8. The number of fused-ring (bicyclic) bond motifs is 3. The van der Waals surface area contributed by atoms with E-state index in [1.165, 1.54) is 45.3 Å². The normalized spacial score (nSPS) is 28.5. The average Bonchev–Trinajstić information content (AvgIpc) is 4.18. The van der Waals surface area contributed by atoms with Crippen molar-refractivity contribution in [3.8, 4) is 0 Å². The Labute approximate surface area is 425 Å². The Morgan fingerprint density at radius 1 is 0.416 bits per heavy atom. The van der Waals surface area contributed by atoms with E-state index in [0.717, 1.165) is 6.33 Å². The monoisotopic (exact) mass is 1200 g/mol. The van der Waals surface area contributed by atoms with E-state index in [2.05, 4.69) is 67.0 Å². The van der Waals surface area contributed by atoms with Crippen molar-refractivity contribution in [1.82, 2.24) is 58.6 Å². The van der Waals surface area contributed by atoms with Crippen molar-refractivity contribution < 1.29 is 129 Å². The Morgan fingerprint density at radius 2 is 0.714 bits per heavy atom. The number of rotatable bonds is 16. The minimum Gasteiger partial charge on any atom is -0.387 e. The van der Waals surface area contributed by atoms with E-state index in [9.17, 15) is 58.4 Å². The minimum atomic E-state index is -5.70. The van der Waals surface area contributed by atoms with E-state index < -0.39 is 133 Å². The van der Waals surface area contributed by atoms with Crippen LogP contribution in [-0.4, -0.2) is 203 Å². The smallest absolute Gasteiger partial charge is 0.387 e. The molecule has 6 aromatic heterocycles. The molecule has 77 heavy (non-hydrogen) atoms. The molecule has 20 N–H and O–H groups in total. The zero-order valence-corrected chi connectivity index (χ0v) is 42.4. The number of anilines is 3. The highest BCUT2D eigenvalue weighted by Crippen LogP contribution is 2.66. The van der Waals surface area contributed by atoms with Gasteiger partial charge < -0.3 is 101 Å². The van der Waals surface area contributed by atoms with Gasteiger partial charge in [-0.3, -0.25) is 27.3 Å². The fraction of sp³-hybridized carbons (Fsp3) is 0.500. The summed E-state index contributed by atoms with van der Waals surface area (Å²) >= 11 is 0. The van der Waals surface area contributed by atoms with E-state index in [1.54, 1.807) is 0 Å². The highest BCUT2D eigenvalue weighted by Gasteiger charge is 2.49. The number of imidazole rings is 3. The maximum absolute atomic E-state index is 11.8. The van der Waals surface area contributed by atoms with E-state index in [-0.39, 0.29) is 39.9 Å². The number of hydrogen-bond acceptors (Lipinski definition) is 31. The predicted octanol–water partition coefficient (Wildman–Crippen LogP) is -5.35. The van der Waals surface area contributed by atoms with Gasteiger partial charge in [-0.15, -0.1) is 0 Å². The summed E-state index contributed by atoms with van der Waals surface area (Å²) in [6.07, 6.45) is -8.67. The van der Waals surface area contributed by atoms with Crippen LogP contribution in [-0.2, 0) is 59.2 Å². The van der Waals surface area contributed by atoms with Gasteiger partial charge in [0.15, 0.2) is 53.1 Å². The van der Waals surface area contributed by atoms with Crippen LogP contribution in [0.1, 0.15) is 18.7 Å². The van der Waals surface area contributed by atoms with Crippen molar-refractivity contribution in [2.75, 3.05) is 37.0 Å². The van der Waals surface area contributed by atoms with Crippen LogP contribution in [0.25, 0.3) is 33.5 Å². The minimum absolute atomic E-state index is 0.0426. The van der Waals surface area contributed by atoms with Crippen LogP contribution in [0.5, 0.6) is 0 Å². The van der Waals surface area contributed by atoms with Crippen molar-refractivity contribution in [3.63, 3.8) is 0 Å². The van der Waals surface area contributed by atoms with Crippen molar-refractivity contribution in [1.29, 1.82) is 0 Å². The molecule has 6 aromatic rings. The largest absolute Gasteiger partial charge is 0.490 e. The number of aliphatic hydroxyl groups excluding tert-OH is 6. The maximum Gasteiger partial charge on any atom is 0.490 e. The Morgan fingerprint density at radius 3 is 1.00 bits per heavy atom. The standard InChI is InChI=1S/C10H16N5O13P3.2C10H14N5O7P/c11-8-5-9(13-2-12-8)15(3-14-5)10-7(17)6(16)4(26-10)1-25-30(21,22)28-31(23,24)27-29(18,19)20;2*11-8-5-9(13-2-12-8)15(3-14-5)10-7(17)6(16)4(22-10)1-21-23(18,19)20/h2-4,6-7,10,16-17H,1H2,(H,21,22)(H,23,24)(H2,11,12,13)(H2,18,19,20);2*2-4,6-7,10,16-17H,1H2,(H2,11,12,13)(H2,18,19,20). The molecule has 42 nitrogen and oxygen atoms in total. The molecule has 0 bridgehead atoms. The number of hydrogen-bond donors (Lipinski definition) is 17. The fourth-order valence-electron chi connectivity index (χ4n) is 7.27. The van der Waals surface area contributed by atoms with Crippen LogP contribution >= 0.6 is 39.1 Å². The molecule has 0 saturated carbocycles. The van der Waals surface area contributed by atoms with Crippen LogP contribution in [0.15, 0.2) is 38.0 Å². The molecule has 0 amide bonds. The summed E-state index contributed by atoms with van der Waals surface area (Å²) < 4.78 is 95.5. The summed E-state index contributed by atoms with van der Waals surface area (Å²) in [7, 11) is -26.1. The molecular weight excluding hydrogens is 1160 g/mol. The zero-order chi connectivity index (χ0) is 56.7. The quantitative estimate of drug-likeness (QED) is 0.0402. The molecule has 0 aliphatic carbocycles. The van der Waals surface area contributed by atoms with Gasteiger partial charge in [-0.05, 0) is 0 Å². The first kappa shape index (κ1) is 60.0. The number of ether oxygens (including phenoxy) is 3. The predicted molar refractivity (Wildman–Crippen MR) is 243 cm³/mol. The number of nitrogens with two attached hydrogens (primary N) is 3. The van der Waals surface area contributed by atoms with Crippen LogP contribution in [0.2, 0.25) is 0 Å². The summed E-state index contributed by atoms with van der Waals surface area (Å²) in [6, 6.07) is 0. The first-order chi connectivity index (χ1) is 35.7. The Hall–Kier alpha value is -4.68. The van der Waals surface area contributed by atoms with Crippen molar-refractivity contribution in [2.45, 2.75) is 73.6 Å². The first-order valence-corrected chi connectivity index (χ1v) is 28.3. The summed E-state index contributed by atoms with van der Waals surface area (Å²) in [5.41, 5.74) is 18.5. The maximum atomic E-state index is 11.8. The molecule has 3 aliphatic heterocycles. The van der Waals surface area contributed by atoms with E-state index >= 15 is 0 Å². The molecule has 47 heteroatoms. The fourth-order valence-corrected chi connectivity index (χ4v) is 11.0. The van der Waals surface area contributed by atoms with Gasteiger partial charge >= 0.3 is 39.1 Å². The number of phosphoric acid groups is 5. The number of aliphatic hydroxyl groups is 6. The molecular formula is C30H44N15O27P5. The Bertz CT molecular complexity index is 3180. The first-order valence-electron chi connectivity index (χ1n) is 20.8. The second-order valence-corrected chi connectivity index (χ2v) is 22.7. The molecule has 0 aromatic carbocycles. The molecule has 9 heterocycles. The highest BCUT2D eigenvalue weighted by atomic mass is 31.3. The number of phosphoric ester groups is 3. The van der Waals surface area contributed by atoms with Crippen LogP contribution in [0.4, 0.5) is 17.5 Å². The topological polar surface area (TPSA) is 651 Å². The third-order valence-corrected chi connectivity index (χ3v) is 15.4. The van der Waals surface area contributed by atoms with E-state index in [1.807, 2.05) is 0 Å². The van der Waals surface area contributed by atoms with Gasteiger partial charge in [0, 0.05) is 0 Å². The van der Waals surface area contributed by atoms with Gasteiger partial charge in [0.05, 0.1) is 38.8 Å². The van der Waals surface area contributed by atoms with Crippen molar-refractivity contribution >= 4 is 90.1 Å². The molecule has 0 radical (unpaired) electrons. The molecule has 0 spiro atoms. The Balaban J connectivity index is 0.000000170. The molecule has 3 fully saturated rings. The lowest BCUT2D eigenvalue weighted by atomic mass is 10.1. The van der Waals surface area contributed by atoms with E-state index in [0.29, 0.717) is 11.0 Å². The third kappa shape index (κ3) is 14.4. The lowest BCUT2D eigenvalue weighted by Crippen LogP contribution is -2.33. The summed E-state index contributed by atoms with van der Waals surface area (Å²) in [5, 5.41) is 60.5. The molecule has 426 valence electrons. The molecule has 3 saturated heterocycles. The van der Waals surface area contributed by atoms with Gasteiger partial charge in [0.2, 0.25) is 0 Å². The van der Waals surface area contributed by atoms with Gasteiger partial charge in [-0.2, -0.15) is 8.62 Å². The van der Waals surface area contributed by atoms with Gasteiger partial charge in [-0.25, -0.2) is 67.7 Å². The van der Waals surface area contributed by atoms with Gasteiger partial charge in [-0.1, -0.05) is 0 Å². The zero-order valence-electron chi connectivity index (χ0n) is 37.9. The number of nitrogens with zero attached hydrogens (tertiary/aromatic N) is 12.